The number of unbranched alkanes of at least 4 members (excludes halogenated alkanes) is 1. The van der Waals surface area contributed by atoms with Crippen molar-refractivity contribution in [3.8, 4) is 0 Å². The quantitative estimate of drug-likeness (QED) is 0.734. The van der Waals surface area contributed by atoms with E-state index in [1.165, 1.54) is 11.1 Å². The molecule has 17 heavy (non-hydrogen) atoms. The van der Waals surface area contributed by atoms with E-state index in [9.17, 15) is 4.79 Å². The predicted molar refractivity (Wildman–Crippen MR) is 73.3 cm³/mol. The van der Waals surface area contributed by atoms with Gasteiger partial charge in [-0.3, -0.25) is 4.79 Å². The van der Waals surface area contributed by atoms with E-state index in [-0.39, 0.29) is 11.9 Å². The van der Waals surface area contributed by atoms with Crippen LogP contribution in [0, 0.1) is 6.92 Å². The lowest BCUT2D eigenvalue weighted by Crippen LogP contribution is -2.42. The molecule has 0 bridgehead atoms. The molecule has 0 spiro atoms. The van der Waals surface area contributed by atoms with E-state index in [0.29, 0.717) is 0 Å². The number of carbonyl (C=O) groups is 1. The highest BCUT2D eigenvalue weighted by Crippen LogP contribution is 2.13. The van der Waals surface area contributed by atoms with Crippen molar-refractivity contribution >= 4 is 17.2 Å². The Labute approximate surface area is 108 Å². The molecular weight excluding hydrogens is 232 g/mol. The summed E-state index contributed by atoms with van der Waals surface area (Å²) in [7, 11) is 0. The number of aryl methyl sites for hydroxylation is 1. The van der Waals surface area contributed by atoms with Gasteiger partial charge >= 0.3 is 0 Å². The number of thiophene rings is 1. The number of amides is 1. The van der Waals surface area contributed by atoms with Gasteiger partial charge in [-0.25, -0.2) is 0 Å². The van der Waals surface area contributed by atoms with Crippen LogP contribution in [-0.4, -0.2) is 18.5 Å². The smallest absolute Gasteiger partial charge is 0.236 e. The van der Waals surface area contributed by atoms with E-state index in [4.69, 9.17) is 0 Å². The van der Waals surface area contributed by atoms with E-state index < -0.39 is 0 Å². The highest BCUT2D eigenvalue weighted by Gasteiger charge is 2.11. The number of hydrogen-bond acceptors (Lipinski definition) is 3. The van der Waals surface area contributed by atoms with Crippen molar-refractivity contribution in [3.05, 3.63) is 21.9 Å². The van der Waals surface area contributed by atoms with Gasteiger partial charge in [0.1, 0.15) is 0 Å². The number of nitrogens with one attached hydrogen (secondary N) is 2. The zero-order valence-electron chi connectivity index (χ0n) is 10.9. The fraction of sp³-hybridized carbons (Fsp3) is 0.615. The maximum absolute atomic E-state index is 11.7. The molecule has 1 aromatic heterocycles. The van der Waals surface area contributed by atoms with Gasteiger partial charge in [-0.1, -0.05) is 13.3 Å². The second-order valence-corrected chi connectivity index (χ2v) is 5.07. The number of rotatable bonds is 7. The molecule has 0 saturated carbocycles. The molecule has 3 nitrogen and oxygen atoms in total. The Balaban J connectivity index is 2.27. The summed E-state index contributed by atoms with van der Waals surface area (Å²) in [5, 5.41) is 10.4. The van der Waals surface area contributed by atoms with Crippen LogP contribution in [0.2, 0.25) is 0 Å². The molecule has 0 aliphatic rings. The van der Waals surface area contributed by atoms with Crippen LogP contribution in [0.5, 0.6) is 0 Å². The lowest BCUT2D eigenvalue weighted by molar-refractivity contribution is -0.122. The first kappa shape index (κ1) is 14.2. The second-order valence-electron chi connectivity index (χ2n) is 4.33. The molecule has 1 amide bonds. The van der Waals surface area contributed by atoms with Crippen molar-refractivity contribution in [1.29, 1.82) is 0 Å². The summed E-state index contributed by atoms with van der Waals surface area (Å²) in [6.07, 6.45) is 2.15. The fourth-order valence-electron chi connectivity index (χ4n) is 1.47. The third kappa shape index (κ3) is 4.88. The van der Waals surface area contributed by atoms with Gasteiger partial charge in [-0.05, 0) is 42.2 Å². The third-order valence-corrected chi connectivity index (χ3v) is 3.69. The van der Waals surface area contributed by atoms with Crippen molar-refractivity contribution in [2.24, 2.45) is 0 Å². The van der Waals surface area contributed by atoms with Gasteiger partial charge in [0.15, 0.2) is 0 Å². The molecule has 1 unspecified atom stereocenters. The van der Waals surface area contributed by atoms with Gasteiger partial charge in [0, 0.05) is 13.1 Å². The number of hydrogen-bond donors (Lipinski definition) is 2. The Kier molecular flexibility index (Phi) is 6.22. The normalized spacial score (nSPS) is 12.4. The molecule has 1 heterocycles. The average molecular weight is 254 g/mol. The maximum atomic E-state index is 11.7. The minimum absolute atomic E-state index is 0.0892. The molecule has 0 aliphatic carbocycles. The van der Waals surface area contributed by atoms with Crippen molar-refractivity contribution in [2.75, 3.05) is 6.54 Å². The summed E-state index contributed by atoms with van der Waals surface area (Å²) in [5.74, 6) is 0.0892. The van der Waals surface area contributed by atoms with E-state index in [0.717, 1.165) is 25.9 Å². The standard InChI is InChI=1S/C13H22N2OS/c1-4-5-6-14-13(16)11(3)15-7-12-9-17-8-10(12)2/h8-9,11,15H,4-7H2,1-3H3,(H,14,16). The monoisotopic (exact) mass is 254 g/mol. The van der Waals surface area contributed by atoms with E-state index in [2.05, 4.69) is 35.2 Å². The largest absolute Gasteiger partial charge is 0.355 e. The van der Waals surface area contributed by atoms with Crippen LogP contribution in [0.1, 0.15) is 37.8 Å². The Hall–Kier alpha value is -0.870. The van der Waals surface area contributed by atoms with Gasteiger partial charge in [0.05, 0.1) is 6.04 Å². The highest BCUT2D eigenvalue weighted by molar-refractivity contribution is 7.08. The molecule has 0 saturated heterocycles. The molecule has 0 radical (unpaired) electrons. The van der Waals surface area contributed by atoms with E-state index >= 15 is 0 Å². The molecule has 1 aromatic rings. The Morgan fingerprint density at radius 1 is 1.47 bits per heavy atom. The number of carbonyl (C=O) groups excluding carboxylic acids is 1. The van der Waals surface area contributed by atoms with Crippen LogP contribution in [0.3, 0.4) is 0 Å². The Bertz CT molecular complexity index is 349. The van der Waals surface area contributed by atoms with Crippen molar-refractivity contribution in [3.63, 3.8) is 0 Å². The summed E-state index contributed by atoms with van der Waals surface area (Å²) in [5.41, 5.74) is 2.57. The first-order chi connectivity index (χ1) is 8.15. The summed E-state index contributed by atoms with van der Waals surface area (Å²) >= 11 is 1.70. The van der Waals surface area contributed by atoms with Gasteiger partial charge < -0.3 is 10.6 Å². The molecular formula is C13H22N2OS. The zero-order valence-corrected chi connectivity index (χ0v) is 11.7. The van der Waals surface area contributed by atoms with Crippen molar-refractivity contribution in [2.45, 2.75) is 46.2 Å². The van der Waals surface area contributed by atoms with E-state index in [1.54, 1.807) is 11.3 Å². The molecule has 1 rings (SSSR count). The lowest BCUT2D eigenvalue weighted by Gasteiger charge is -2.13. The molecule has 0 fully saturated rings. The first-order valence-electron chi connectivity index (χ1n) is 6.18. The second kappa shape index (κ2) is 7.45. The van der Waals surface area contributed by atoms with Gasteiger partial charge in [0.2, 0.25) is 5.91 Å². The lowest BCUT2D eigenvalue weighted by atomic mass is 10.2. The minimum atomic E-state index is -0.133. The molecule has 96 valence electrons. The third-order valence-electron chi connectivity index (χ3n) is 2.78. The van der Waals surface area contributed by atoms with Crippen molar-refractivity contribution in [1.82, 2.24) is 10.6 Å². The Morgan fingerprint density at radius 3 is 2.82 bits per heavy atom. The molecule has 0 aliphatic heterocycles. The van der Waals surface area contributed by atoms with Crippen LogP contribution in [0.4, 0.5) is 0 Å². The molecule has 4 heteroatoms. The topological polar surface area (TPSA) is 41.1 Å². The summed E-state index contributed by atoms with van der Waals surface area (Å²) in [6, 6.07) is -0.133. The van der Waals surface area contributed by atoms with Crippen LogP contribution in [0.25, 0.3) is 0 Å². The minimum Gasteiger partial charge on any atom is -0.355 e. The average Bonchev–Trinajstić information content (AvgIpc) is 2.72. The molecule has 1 atom stereocenters. The first-order valence-corrected chi connectivity index (χ1v) is 7.12. The van der Waals surface area contributed by atoms with Crippen LogP contribution in [-0.2, 0) is 11.3 Å². The summed E-state index contributed by atoms with van der Waals surface area (Å²) < 4.78 is 0. The summed E-state index contributed by atoms with van der Waals surface area (Å²) in [6.45, 7) is 7.66. The van der Waals surface area contributed by atoms with Crippen LogP contribution >= 0.6 is 11.3 Å². The highest BCUT2D eigenvalue weighted by atomic mass is 32.1. The molecule has 0 aromatic carbocycles. The van der Waals surface area contributed by atoms with Crippen LogP contribution < -0.4 is 10.6 Å². The summed E-state index contributed by atoms with van der Waals surface area (Å²) in [4.78, 5) is 11.7. The SMILES string of the molecule is CCCCNC(=O)C(C)NCc1cscc1C. The zero-order chi connectivity index (χ0) is 12.7. The van der Waals surface area contributed by atoms with Gasteiger partial charge in [-0.2, -0.15) is 11.3 Å². The van der Waals surface area contributed by atoms with Gasteiger partial charge in [0.25, 0.3) is 0 Å². The van der Waals surface area contributed by atoms with Crippen molar-refractivity contribution < 1.29 is 4.79 Å². The van der Waals surface area contributed by atoms with E-state index in [1.807, 2.05) is 6.92 Å². The van der Waals surface area contributed by atoms with Gasteiger partial charge in [-0.15, -0.1) is 0 Å². The predicted octanol–water partition coefficient (Wildman–Crippen LogP) is 2.45. The molecule has 2 N–H and O–H groups in total. The fourth-order valence-corrected chi connectivity index (χ4v) is 2.32. The Morgan fingerprint density at radius 2 is 2.24 bits per heavy atom. The maximum Gasteiger partial charge on any atom is 0.236 e. The van der Waals surface area contributed by atoms with Crippen LogP contribution in [0.15, 0.2) is 10.8 Å².